The van der Waals surface area contributed by atoms with Crippen molar-refractivity contribution >= 4 is 11.9 Å². The number of nitrogens with one attached hydrogen (secondary N) is 1. The molecule has 0 aromatic rings. The molecule has 1 heterocycles. The Morgan fingerprint density at radius 3 is 2.62 bits per heavy atom. The first-order chi connectivity index (χ1) is 7.47. The summed E-state index contributed by atoms with van der Waals surface area (Å²) in [5, 5.41) is 21.7. The van der Waals surface area contributed by atoms with E-state index in [-0.39, 0.29) is 18.5 Å². The highest BCUT2D eigenvalue weighted by Crippen LogP contribution is 2.20. The highest BCUT2D eigenvalue weighted by Gasteiger charge is 2.35. The lowest BCUT2D eigenvalue weighted by Crippen LogP contribution is -2.31. The Labute approximate surface area is 90.0 Å². The first-order valence-corrected chi connectivity index (χ1v) is 4.42. The third-order valence-electron chi connectivity index (χ3n) is 2.18. The number of carbonyl (C=O) groups is 2. The molecule has 1 atom stereocenters. The van der Waals surface area contributed by atoms with E-state index in [9.17, 15) is 19.7 Å². The molecule has 1 aliphatic rings. The lowest BCUT2D eigenvalue weighted by Gasteiger charge is -2.05. The molecule has 0 spiro atoms. The Hall–Kier alpha value is -2.12. The summed E-state index contributed by atoms with van der Waals surface area (Å²) in [7, 11) is 1.02. The fourth-order valence-corrected chi connectivity index (χ4v) is 1.42. The van der Waals surface area contributed by atoms with Crippen molar-refractivity contribution in [2.75, 3.05) is 7.11 Å². The van der Waals surface area contributed by atoms with Crippen LogP contribution in [0.4, 0.5) is 0 Å². The summed E-state index contributed by atoms with van der Waals surface area (Å²) >= 11 is 0. The maximum absolute atomic E-state index is 11.1. The minimum absolute atomic E-state index is 0.00394. The summed E-state index contributed by atoms with van der Waals surface area (Å²) in [5.41, 5.74) is -0.726. The van der Waals surface area contributed by atoms with Crippen molar-refractivity contribution in [2.24, 2.45) is 0 Å². The topological polar surface area (TPSA) is 119 Å². The fourth-order valence-electron chi connectivity index (χ4n) is 1.42. The van der Waals surface area contributed by atoms with Crippen LogP contribution in [-0.2, 0) is 14.3 Å². The van der Waals surface area contributed by atoms with Crippen LogP contribution in [0.1, 0.15) is 12.8 Å². The molecular weight excluding hydrogens is 220 g/mol. The van der Waals surface area contributed by atoms with Gasteiger partial charge in [0.15, 0.2) is 0 Å². The highest BCUT2D eigenvalue weighted by atomic mass is 16.6. The summed E-state index contributed by atoms with van der Waals surface area (Å²) in [6, 6.07) is -0.894. The van der Waals surface area contributed by atoms with E-state index in [1.807, 2.05) is 0 Å². The molecule has 0 amide bonds. The summed E-state index contributed by atoms with van der Waals surface area (Å²) in [6.45, 7) is 0. The van der Waals surface area contributed by atoms with E-state index >= 15 is 0 Å². The van der Waals surface area contributed by atoms with Crippen LogP contribution in [0.25, 0.3) is 0 Å². The number of aliphatic carboxylic acids is 1. The van der Waals surface area contributed by atoms with Crippen molar-refractivity contribution in [1.82, 2.24) is 5.32 Å². The molecule has 0 saturated carbocycles. The third kappa shape index (κ3) is 2.27. The molecule has 88 valence electrons. The van der Waals surface area contributed by atoms with Crippen molar-refractivity contribution < 1.29 is 24.4 Å². The quantitative estimate of drug-likeness (QED) is 0.290. The first-order valence-electron chi connectivity index (χ1n) is 4.42. The number of esters is 1. The smallest absolute Gasteiger partial charge is 0.411 e. The zero-order chi connectivity index (χ0) is 12.3. The van der Waals surface area contributed by atoms with Crippen LogP contribution in [0.15, 0.2) is 11.4 Å². The highest BCUT2D eigenvalue weighted by molar-refractivity contribution is 5.87. The molecule has 1 fully saturated rings. The molecule has 1 saturated heterocycles. The van der Waals surface area contributed by atoms with Crippen LogP contribution in [0, 0.1) is 10.1 Å². The van der Waals surface area contributed by atoms with Crippen LogP contribution >= 0.6 is 0 Å². The number of carbonyl (C=O) groups excluding carboxylic acids is 1. The third-order valence-corrected chi connectivity index (χ3v) is 2.18. The van der Waals surface area contributed by atoms with Gasteiger partial charge in [-0.25, -0.2) is 9.59 Å². The van der Waals surface area contributed by atoms with Gasteiger partial charge in [0.25, 0.3) is 0 Å². The van der Waals surface area contributed by atoms with Gasteiger partial charge in [-0.1, -0.05) is 0 Å². The SMILES string of the molecule is COC(=O)C(=C1CC[C@@H](C(=O)O)N1)[N+](=O)[O-]. The van der Waals surface area contributed by atoms with Gasteiger partial charge >= 0.3 is 17.6 Å². The second-order valence-electron chi connectivity index (χ2n) is 3.15. The molecule has 8 heteroatoms. The molecule has 16 heavy (non-hydrogen) atoms. The van der Waals surface area contributed by atoms with E-state index in [1.165, 1.54) is 0 Å². The van der Waals surface area contributed by atoms with Crippen LogP contribution < -0.4 is 5.32 Å². The van der Waals surface area contributed by atoms with E-state index in [4.69, 9.17) is 5.11 Å². The summed E-state index contributed by atoms with van der Waals surface area (Å²) in [6.07, 6.45) is 0.349. The minimum atomic E-state index is -1.11. The summed E-state index contributed by atoms with van der Waals surface area (Å²) < 4.78 is 4.26. The van der Waals surface area contributed by atoms with Gasteiger partial charge < -0.3 is 15.2 Å². The van der Waals surface area contributed by atoms with Crippen LogP contribution in [0.3, 0.4) is 0 Å². The average Bonchev–Trinajstić information content (AvgIpc) is 2.66. The Kier molecular flexibility index (Phi) is 3.44. The molecule has 2 N–H and O–H groups in total. The minimum Gasteiger partial charge on any atom is -0.480 e. The lowest BCUT2D eigenvalue weighted by molar-refractivity contribution is -0.422. The lowest BCUT2D eigenvalue weighted by atomic mass is 10.2. The number of nitrogens with zero attached hydrogens (tertiary/aromatic N) is 1. The molecular formula is C8H10N2O6. The molecule has 0 aromatic heterocycles. The number of carboxylic acids is 1. The largest absolute Gasteiger partial charge is 0.480 e. The molecule has 0 bridgehead atoms. The van der Waals surface area contributed by atoms with Crippen molar-refractivity contribution in [2.45, 2.75) is 18.9 Å². The predicted molar refractivity (Wildman–Crippen MR) is 49.8 cm³/mol. The molecule has 0 aliphatic carbocycles. The number of hydrogen-bond donors (Lipinski definition) is 2. The van der Waals surface area contributed by atoms with E-state index < -0.39 is 28.6 Å². The molecule has 0 radical (unpaired) electrons. The first kappa shape index (κ1) is 12.0. The van der Waals surface area contributed by atoms with Gasteiger partial charge in [-0.05, 0) is 12.8 Å². The number of nitro groups is 1. The fraction of sp³-hybridized carbons (Fsp3) is 0.500. The van der Waals surface area contributed by atoms with E-state index in [2.05, 4.69) is 10.1 Å². The normalized spacial score (nSPS) is 22.2. The van der Waals surface area contributed by atoms with E-state index in [0.29, 0.717) is 0 Å². The van der Waals surface area contributed by atoms with Crippen molar-refractivity contribution in [3.8, 4) is 0 Å². The molecule has 8 nitrogen and oxygen atoms in total. The second-order valence-corrected chi connectivity index (χ2v) is 3.15. The standard InChI is InChI=1S/C8H10N2O6/c1-16-8(13)6(10(14)15)4-2-3-5(9-4)7(11)12/h5,9H,2-3H2,1H3,(H,11,12)/t5-/m0/s1. The Bertz CT molecular complexity index is 375. The van der Waals surface area contributed by atoms with Crippen molar-refractivity contribution in [3.63, 3.8) is 0 Å². The maximum Gasteiger partial charge on any atom is 0.411 e. The molecule has 0 unspecified atom stereocenters. The van der Waals surface area contributed by atoms with Gasteiger partial charge in [-0.3, -0.25) is 10.1 Å². The predicted octanol–water partition coefficient (Wildman–Crippen LogP) is -0.516. The van der Waals surface area contributed by atoms with Gasteiger partial charge in [-0.2, -0.15) is 0 Å². The number of rotatable bonds is 3. The Morgan fingerprint density at radius 1 is 1.62 bits per heavy atom. The van der Waals surface area contributed by atoms with Crippen LogP contribution in [0.5, 0.6) is 0 Å². The van der Waals surface area contributed by atoms with Crippen LogP contribution in [0.2, 0.25) is 0 Å². The summed E-state index contributed by atoms with van der Waals surface area (Å²) in [5.74, 6) is -2.19. The number of hydrogen-bond acceptors (Lipinski definition) is 6. The zero-order valence-corrected chi connectivity index (χ0v) is 8.43. The number of ether oxygens (including phenoxy) is 1. The Balaban J connectivity index is 2.98. The monoisotopic (exact) mass is 230 g/mol. The van der Waals surface area contributed by atoms with Gasteiger partial charge in [0, 0.05) is 0 Å². The van der Waals surface area contributed by atoms with Crippen LogP contribution in [-0.4, -0.2) is 35.1 Å². The van der Waals surface area contributed by atoms with Gasteiger partial charge in [0.1, 0.15) is 6.04 Å². The average molecular weight is 230 g/mol. The maximum atomic E-state index is 11.1. The summed E-state index contributed by atoms with van der Waals surface area (Å²) in [4.78, 5) is 31.5. The zero-order valence-electron chi connectivity index (χ0n) is 8.43. The Morgan fingerprint density at radius 2 is 2.25 bits per heavy atom. The van der Waals surface area contributed by atoms with Crippen molar-refractivity contribution in [1.29, 1.82) is 0 Å². The van der Waals surface area contributed by atoms with E-state index in [0.717, 1.165) is 7.11 Å². The second kappa shape index (κ2) is 4.60. The number of allylic oxidation sites excluding steroid dienone is 1. The van der Waals surface area contributed by atoms with Crippen molar-refractivity contribution in [3.05, 3.63) is 21.5 Å². The molecule has 1 aliphatic heterocycles. The number of methoxy groups -OCH3 is 1. The molecule has 0 aromatic carbocycles. The van der Waals surface area contributed by atoms with Gasteiger partial charge in [-0.15, -0.1) is 0 Å². The molecule has 1 rings (SSSR count). The van der Waals surface area contributed by atoms with Gasteiger partial charge in [0.2, 0.25) is 0 Å². The van der Waals surface area contributed by atoms with E-state index in [1.54, 1.807) is 0 Å². The van der Waals surface area contributed by atoms with Gasteiger partial charge in [0.05, 0.1) is 17.7 Å². The number of carboxylic acid groups (broad SMARTS) is 1.